The van der Waals surface area contributed by atoms with Gasteiger partial charge in [0.1, 0.15) is 5.75 Å². The number of para-hydroxylation sites is 3. The smallest absolute Gasteiger partial charge is 0.274 e. The lowest BCUT2D eigenvalue weighted by Gasteiger charge is -2.17. The molecule has 3 aromatic carbocycles. The van der Waals surface area contributed by atoms with Gasteiger partial charge in [-0.1, -0.05) is 60.2 Å². The fraction of sp³-hybridized carbons (Fsp3) is 0.185. The first-order valence-electron chi connectivity index (χ1n) is 11.1. The Hall–Kier alpha value is -3.55. The van der Waals surface area contributed by atoms with E-state index in [1.165, 1.54) is 11.3 Å². The minimum Gasteiger partial charge on any atom is -0.493 e. The Bertz CT molecular complexity index is 1600. The highest BCUT2D eigenvalue weighted by molar-refractivity contribution is 7.15. The lowest BCUT2D eigenvalue weighted by molar-refractivity contribution is 0.184. The third-order valence-electron chi connectivity index (χ3n) is 5.48. The van der Waals surface area contributed by atoms with Gasteiger partial charge in [0.05, 0.1) is 40.9 Å². The van der Waals surface area contributed by atoms with Gasteiger partial charge in [0.2, 0.25) is 0 Å². The molecule has 2 heterocycles. The maximum Gasteiger partial charge on any atom is 0.274 e. The second-order valence-electron chi connectivity index (χ2n) is 8.21. The van der Waals surface area contributed by atoms with E-state index in [1.54, 1.807) is 23.7 Å². The van der Waals surface area contributed by atoms with Gasteiger partial charge in [-0.05, 0) is 48.0 Å². The Morgan fingerprint density at radius 3 is 2.60 bits per heavy atom. The number of ether oxygens (including phenoxy) is 3. The summed E-state index contributed by atoms with van der Waals surface area (Å²) in [6, 6.07) is 20.8. The van der Waals surface area contributed by atoms with Crippen molar-refractivity contribution >= 4 is 45.0 Å². The van der Waals surface area contributed by atoms with E-state index in [0.29, 0.717) is 39.2 Å². The molecular weight excluding hydrogens is 484 g/mol. The number of methoxy groups -OCH3 is 1. The molecule has 8 heteroatoms. The van der Waals surface area contributed by atoms with Gasteiger partial charge in [0.25, 0.3) is 5.56 Å². The number of nitrogens with zero attached hydrogens (tertiary/aromatic N) is 2. The monoisotopic (exact) mass is 506 g/mol. The molecule has 0 saturated heterocycles. The zero-order valence-electron chi connectivity index (χ0n) is 19.2. The van der Waals surface area contributed by atoms with Crippen LogP contribution >= 0.6 is 22.9 Å². The third-order valence-corrected chi connectivity index (χ3v) is 6.73. The quantitative estimate of drug-likeness (QED) is 0.289. The maximum absolute atomic E-state index is 13.1. The number of rotatable bonds is 8. The zero-order chi connectivity index (χ0) is 24.4. The van der Waals surface area contributed by atoms with Gasteiger partial charge < -0.3 is 14.2 Å². The second-order valence-corrected chi connectivity index (χ2v) is 9.62. The van der Waals surface area contributed by atoms with Crippen molar-refractivity contribution in [3.8, 4) is 17.2 Å². The van der Waals surface area contributed by atoms with E-state index in [9.17, 15) is 4.79 Å². The predicted octanol–water partition coefficient (Wildman–Crippen LogP) is 5.21. The van der Waals surface area contributed by atoms with E-state index in [4.69, 9.17) is 25.8 Å². The molecule has 0 aliphatic heterocycles. The SMILES string of the molecule is COc1cc(C=c2sc3nc4ccccc4n3c2=O)cc(Cl)c1OCC(C)COc1ccccc1. The van der Waals surface area contributed by atoms with Crippen LogP contribution in [0, 0.1) is 5.92 Å². The Morgan fingerprint density at radius 2 is 1.80 bits per heavy atom. The van der Waals surface area contributed by atoms with Gasteiger partial charge in [-0.25, -0.2) is 9.38 Å². The first-order valence-corrected chi connectivity index (χ1v) is 12.3. The van der Waals surface area contributed by atoms with Crippen molar-refractivity contribution < 1.29 is 14.2 Å². The van der Waals surface area contributed by atoms with Crippen molar-refractivity contribution in [2.45, 2.75) is 6.92 Å². The number of halogens is 1. The van der Waals surface area contributed by atoms with Crippen molar-refractivity contribution in [3.05, 3.63) is 92.2 Å². The van der Waals surface area contributed by atoms with Crippen molar-refractivity contribution in [2.75, 3.05) is 20.3 Å². The van der Waals surface area contributed by atoms with Crippen LogP contribution < -0.4 is 24.3 Å². The van der Waals surface area contributed by atoms with E-state index in [0.717, 1.165) is 22.3 Å². The van der Waals surface area contributed by atoms with Gasteiger partial charge in [0, 0.05) is 5.92 Å². The molecular formula is C27H23ClN2O4S. The molecule has 0 fully saturated rings. The van der Waals surface area contributed by atoms with Crippen molar-refractivity contribution in [3.63, 3.8) is 0 Å². The van der Waals surface area contributed by atoms with Crippen LogP contribution in [0.3, 0.4) is 0 Å². The van der Waals surface area contributed by atoms with Gasteiger partial charge in [0.15, 0.2) is 16.5 Å². The van der Waals surface area contributed by atoms with E-state index in [-0.39, 0.29) is 11.5 Å². The summed E-state index contributed by atoms with van der Waals surface area (Å²) >= 11 is 7.90. The molecule has 0 radical (unpaired) electrons. The van der Waals surface area contributed by atoms with Gasteiger partial charge in [-0.15, -0.1) is 0 Å². The average Bonchev–Trinajstić information content (AvgIpc) is 3.38. The molecule has 0 N–H and O–H groups in total. The predicted molar refractivity (Wildman–Crippen MR) is 140 cm³/mol. The summed E-state index contributed by atoms with van der Waals surface area (Å²) in [7, 11) is 1.56. The van der Waals surface area contributed by atoms with E-state index in [2.05, 4.69) is 4.98 Å². The van der Waals surface area contributed by atoms with Crippen LogP contribution in [0.4, 0.5) is 0 Å². The normalized spacial score (nSPS) is 12.8. The molecule has 0 bridgehead atoms. The molecule has 178 valence electrons. The summed E-state index contributed by atoms with van der Waals surface area (Å²) < 4.78 is 19.5. The Kier molecular flexibility index (Phi) is 6.61. The number of imidazole rings is 1. The fourth-order valence-corrected chi connectivity index (χ4v) is 5.02. The van der Waals surface area contributed by atoms with Gasteiger partial charge in [-0.3, -0.25) is 4.79 Å². The van der Waals surface area contributed by atoms with Crippen LogP contribution in [0.1, 0.15) is 12.5 Å². The van der Waals surface area contributed by atoms with Crippen LogP contribution in [-0.2, 0) is 0 Å². The zero-order valence-corrected chi connectivity index (χ0v) is 20.8. The minimum absolute atomic E-state index is 0.110. The number of thiazole rings is 1. The molecule has 0 aliphatic carbocycles. The number of aromatic nitrogens is 2. The first kappa shape index (κ1) is 23.2. The van der Waals surface area contributed by atoms with Crippen LogP contribution in [-0.4, -0.2) is 29.7 Å². The van der Waals surface area contributed by atoms with Crippen molar-refractivity contribution in [2.24, 2.45) is 5.92 Å². The Balaban J connectivity index is 1.36. The Labute approximate surface area is 211 Å². The summed E-state index contributed by atoms with van der Waals surface area (Å²) in [5.74, 6) is 1.91. The third kappa shape index (κ3) is 4.83. The topological polar surface area (TPSA) is 62.1 Å². The highest BCUT2D eigenvalue weighted by atomic mass is 35.5. The number of hydrogen-bond donors (Lipinski definition) is 0. The fourth-order valence-electron chi connectivity index (χ4n) is 3.76. The average molecular weight is 507 g/mol. The highest BCUT2D eigenvalue weighted by Gasteiger charge is 2.15. The summed E-state index contributed by atoms with van der Waals surface area (Å²) in [6.45, 7) is 2.96. The van der Waals surface area contributed by atoms with Crippen LogP contribution in [0.15, 0.2) is 71.5 Å². The molecule has 2 aromatic heterocycles. The molecule has 0 saturated carbocycles. The largest absolute Gasteiger partial charge is 0.493 e. The molecule has 6 nitrogen and oxygen atoms in total. The molecule has 5 rings (SSSR count). The summed E-state index contributed by atoms with van der Waals surface area (Å²) in [4.78, 5) is 18.3. The Morgan fingerprint density at radius 1 is 1.06 bits per heavy atom. The van der Waals surface area contributed by atoms with E-state index in [1.807, 2.05) is 67.6 Å². The molecule has 5 aromatic rings. The summed E-state index contributed by atoms with van der Waals surface area (Å²) in [5.41, 5.74) is 2.23. The van der Waals surface area contributed by atoms with Gasteiger partial charge in [-0.2, -0.15) is 0 Å². The van der Waals surface area contributed by atoms with Crippen molar-refractivity contribution in [1.82, 2.24) is 9.38 Å². The molecule has 0 aliphatic rings. The highest BCUT2D eigenvalue weighted by Crippen LogP contribution is 2.37. The van der Waals surface area contributed by atoms with Crippen molar-refractivity contribution in [1.29, 1.82) is 0 Å². The number of hydrogen-bond acceptors (Lipinski definition) is 6. The van der Waals surface area contributed by atoms with E-state index < -0.39 is 0 Å². The standard InChI is InChI=1S/C27H23ClN2O4S/c1-17(15-33-19-8-4-3-5-9-19)16-34-25-20(28)12-18(13-23(25)32-2)14-24-26(31)30-22-11-7-6-10-21(22)29-27(30)35-24/h3-14,17H,15-16H2,1-2H3. The number of fused-ring (bicyclic) bond motifs is 3. The molecule has 35 heavy (non-hydrogen) atoms. The molecule has 1 atom stereocenters. The maximum atomic E-state index is 13.1. The van der Waals surface area contributed by atoms with Crippen LogP contribution in [0.2, 0.25) is 5.02 Å². The second kappa shape index (κ2) is 9.98. The van der Waals surface area contributed by atoms with Gasteiger partial charge >= 0.3 is 0 Å². The van der Waals surface area contributed by atoms with Crippen LogP contribution in [0.5, 0.6) is 17.2 Å². The first-order chi connectivity index (χ1) is 17.0. The summed E-state index contributed by atoms with van der Waals surface area (Å²) in [5, 5.41) is 0.408. The summed E-state index contributed by atoms with van der Waals surface area (Å²) in [6.07, 6.45) is 1.80. The van der Waals surface area contributed by atoms with Crippen LogP contribution in [0.25, 0.3) is 22.1 Å². The lowest BCUT2D eigenvalue weighted by Crippen LogP contribution is -2.22. The number of benzene rings is 3. The molecule has 1 unspecified atom stereocenters. The molecule has 0 spiro atoms. The molecule has 0 amide bonds. The van der Waals surface area contributed by atoms with E-state index >= 15 is 0 Å². The lowest BCUT2D eigenvalue weighted by atomic mass is 10.2. The minimum atomic E-state index is -0.110.